The van der Waals surface area contributed by atoms with Crippen LogP contribution in [0.3, 0.4) is 0 Å². The fourth-order valence-corrected chi connectivity index (χ4v) is 6.46. The van der Waals surface area contributed by atoms with E-state index >= 15 is 0 Å². The van der Waals surface area contributed by atoms with Crippen molar-refractivity contribution in [3.05, 3.63) is 84.2 Å². The zero-order valence-electron chi connectivity index (χ0n) is 23.4. The Morgan fingerprint density at radius 1 is 0.925 bits per heavy atom. The number of nitrogens with zero attached hydrogens (tertiary/aromatic N) is 4. The number of hydrogen-bond donors (Lipinski definition) is 1. The number of sulfonamides is 1. The summed E-state index contributed by atoms with van der Waals surface area (Å²) in [5, 5.41) is 4.38. The summed E-state index contributed by atoms with van der Waals surface area (Å²) in [6, 6.07) is 23.0. The topological polar surface area (TPSA) is 87.7 Å². The predicted octanol–water partition coefficient (Wildman–Crippen LogP) is 5.79. The summed E-state index contributed by atoms with van der Waals surface area (Å²) in [6.07, 6.45) is 3.20. The average molecular weight is 560 g/mol. The molecule has 210 valence electrons. The summed E-state index contributed by atoms with van der Waals surface area (Å²) in [7, 11) is -1.88. The van der Waals surface area contributed by atoms with Gasteiger partial charge in [0.25, 0.3) is 0 Å². The summed E-state index contributed by atoms with van der Waals surface area (Å²) in [4.78, 5) is 12.4. The normalized spacial score (nSPS) is 15.7. The first kappa shape index (κ1) is 28.0. The van der Waals surface area contributed by atoms with Gasteiger partial charge in [-0.05, 0) is 73.9 Å². The van der Waals surface area contributed by atoms with Crippen molar-refractivity contribution in [3.63, 3.8) is 0 Å². The molecule has 0 unspecified atom stereocenters. The zero-order chi connectivity index (χ0) is 28.1. The third-order valence-electron chi connectivity index (χ3n) is 7.55. The van der Waals surface area contributed by atoms with Crippen LogP contribution in [0.15, 0.2) is 77.7 Å². The number of benzene rings is 3. The molecule has 8 nitrogen and oxygen atoms in total. The third kappa shape index (κ3) is 6.11. The quantitative estimate of drug-likeness (QED) is 0.263. The molecule has 0 aliphatic carbocycles. The van der Waals surface area contributed by atoms with Crippen LogP contribution in [-0.2, 0) is 16.4 Å². The van der Waals surface area contributed by atoms with Crippen LogP contribution in [0, 0.1) is 0 Å². The zero-order valence-corrected chi connectivity index (χ0v) is 24.2. The van der Waals surface area contributed by atoms with Crippen LogP contribution in [0.1, 0.15) is 44.1 Å². The van der Waals surface area contributed by atoms with Gasteiger partial charge in [-0.1, -0.05) is 37.6 Å². The van der Waals surface area contributed by atoms with Crippen LogP contribution in [0.25, 0.3) is 10.9 Å². The van der Waals surface area contributed by atoms with Gasteiger partial charge in [-0.2, -0.15) is 4.31 Å². The van der Waals surface area contributed by atoms with Gasteiger partial charge in [0.15, 0.2) is 0 Å². The van der Waals surface area contributed by atoms with Gasteiger partial charge < -0.3 is 10.1 Å². The Bertz CT molecular complexity index is 1530. The highest BCUT2D eigenvalue weighted by Crippen LogP contribution is 2.29. The van der Waals surface area contributed by atoms with Gasteiger partial charge in [-0.15, -0.1) is 0 Å². The Hall–Kier alpha value is -3.53. The molecule has 1 fully saturated rings. The second-order valence-corrected chi connectivity index (χ2v) is 12.1. The fraction of sp³-hybridized carbons (Fsp3) is 0.355. The monoisotopic (exact) mass is 559 g/mol. The molecule has 0 spiro atoms. The largest absolute Gasteiger partial charge is 0.497 e. The van der Waals surface area contributed by atoms with Gasteiger partial charge in [-0.3, -0.25) is 4.90 Å². The lowest BCUT2D eigenvalue weighted by atomic mass is 10.1. The third-order valence-corrected chi connectivity index (χ3v) is 9.46. The number of aromatic nitrogens is 2. The summed E-state index contributed by atoms with van der Waals surface area (Å²) in [5.41, 5.74) is 2.94. The molecular formula is C31H37N5O3S. The van der Waals surface area contributed by atoms with Crippen molar-refractivity contribution in [2.45, 2.75) is 44.0 Å². The van der Waals surface area contributed by atoms with Crippen molar-refractivity contribution in [1.29, 1.82) is 0 Å². The highest BCUT2D eigenvalue weighted by molar-refractivity contribution is 7.89. The number of nitrogens with one attached hydrogen (secondary N) is 1. The molecule has 0 amide bonds. The van der Waals surface area contributed by atoms with Crippen molar-refractivity contribution >= 4 is 32.4 Å². The standard InChI is InChI=1S/C31H37N5O3S/c1-4-5-8-24-11-17-27(18-12-24)40(37,38)36-21-19-35(20-22-36)23(2)30-33-29-10-7-6-9-28(29)31(34-30)32-25-13-15-26(39-3)16-14-25/h6-7,9-18,23H,4-5,8,19-22H2,1-3H3,(H,32,33,34)/t23-/m1/s1. The minimum atomic E-state index is -3.53. The summed E-state index contributed by atoms with van der Waals surface area (Å²) < 4.78 is 33.5. The molecule has 3 aromatic carbocycles. The molecule has 5 rings (SSSR count). The molecule has 1 N–H and O–H groups in total. The number of aryl methyl sites for hydroxylation is 1. The van der Waals surface area contributed by atoms with E-state index in [1.807, 2.05) is 60.7 Å². The van der Waals surface area contributed by atoms with E-state index in [1.54, 1.807) is 23.5 Å². The lowest BCUT2D eigenvalue weighted by Gasteiger charge is -2.37. The second-order valence-electron chi connectivity index (χ2n) is 10.2. The first-order valence-electron chi connectivity index (χ1n) is 13.9. The van der Waals surface area contributed by atoms with Crippen molar-refractivity contribution in [1.82, 2.24) is 19.2 Å². The number of para-hydroxylation sites is 1. The SMILES string of the molecule is CCCCc1ccc(S(=O)(=O)N2CCN([C@H](C)c3nc(Nc4ccc(OC)cc4)c4ccccc4n3)CC2)cc1. The Kier molecular flexibility index (Phi) is 8.63. The molecule has 0 saturated carbocycles. The number of anilines is 2. The van der Waals surface area contributed by atoms with E-state index in [1.165, 1.54) is 5.56 Å². The number of hydrogen-bond acceptors (Lipinski definition) is 7. The van der Waals surface area contributed by atoms with E-state index in [9.17, 15) is 8.42 Å². The minimum Gasteiger partial charge on any atom is -0.497 e. The molecule has 1 aromatic heterocycles. The Morgan fingerprint density at radius 2 is 1.62 bits per heavy atom. The Labute approximate surface area is 237 Å². The van der Waals surface area contributed by atoms with Gasteiger partial charge in [-0.25, -0.2) is 18.4 Å². The number of methoxy groups -OCH3 is 1. The highest BCUT2D eigenvalue weighted by Gasteiger charge is 2.31. The molecule has 40 heavy (non-hydrogen) atoms. The number of piperazine rings is 1. The molecular weight excluding hydrogens is 522 g/mol. The second kappa shape index (κ2) is 12.3. The van der Waals surface area contributed by atoms with Gasteiger partial charge >= 0.3 is 0 Å². The van der Waals surface area contributed by atoms with Crippen LogP contribution in [0.4, 0.5) is 11.5 Å². The van der Waals surface area contributed by atoms with E-state index in [4.69, 9.17) is 14.7 Å². The Morgan fingerprint density at radius 3 is 2.30 bits per heavy atom. The maximum Gasteiger partial charge on any atom is 0.243 e. The molecule has 1 atom stereocenters. The highest BCUT2D eigenvalue weighted by atomic mass is 32.2. The molecule has 2 heterocycles. The smallest absolute Gasteiger partial charge is 0.243 e. The maximum absolute atomic E-state index is 13.3. The van der Waals surface area contributed by atoms with Crippen LogP contribution >= 0.6 is 0 Å². The fourth-order valence-electron chi connectivity index (χ4n) is 5.04. The van der Waals surface area contributed by atoms with Gasteiger partial charge in [0.2, 0.25) is 10.0 Å². The van der Waals surface area contributed by atoms with Gasteiger partial charge in [0.1, 0.15) is 17.4 Å². The van der Waals surface area contributed by atoms with Crippen molar-refractivity contribution in [2.75, 3.05) is 38.6 Å². The number of fused-ring (bicyclic) bond motifs is 1. The van der Waals surface area contributed by atoms with E-state index < -0.39 is 10.0 Å². The molecule has 0 radical (unpaired) electrons. The molecule has 9 heteroatoms. The number of ether oxygens (including phenoxy) is 1. The number of unbranched alkanes of at least 4 members (excludes halogenated alkanes) is 1. The molecule has 1 aliphatic rings. The van der Waals surface area contributed by atoms with E-state index in [2.05, 4.69) is 24.1 Å². The van der Waals surface area contributed by atoms with Crippen LogP contribution in [-0.4, -0.2) is 60.9 Å². The predicted molar refractivity (Wildman–Crippen MR) is 160 cm³/mol. The van der Waals surface area contributed by atoms with Crippen molar-refractivity contribution in [2.24, 2.45) is 0 Å². The lowest BCUT2D eigenvalue weighted by Crippen LogP contribution is -2.49. The van der Waals surface area contributed by atoms with E-state index in [0.717, 1.165) is 47.4 Å². The van der Waals surface area contributed by atoms with Gasteiger partial charge in [0.05, 0.1) is 23.6 Å². The number of rotatable bonds is 10. The molecule has 1 aliphatic heterocycles. The average Bonchev–Trinajstić information content (AvgIpc) is 3.00. The van der Waals surface area contributed by atoms with Crippen LogP contribution in [0.5, 0.6) is 5.75 Å². The summed E-state index contributed by atoms with van der Waals surface area (Å²) >= 11 is 0. The minimum absolute atomic E-state index is 0.0799. The summed E-state index contributed by atoms with van der Waals surface area (Å²) in [5.74, 6) is 2.23. The van der Waals surface area contributed by atoms with Crippen molar-refractivity contribution < 1.29 is 13.2 Å². The van der Waals surface area contributed by atoms with E-state index in [-0.39, 0.29) is 6.04 Å². The Balaban J connectivity index is 1.30. The maximum atomic E-state index is 13.3. The lowest BCUT2D eigenvalue weighted by molar-refractivity contribution is 0.141. The first-order valence-corrected chi connectivity index (χ1v) is 15.3. The molecule has 0 bridgehead atoms. The summed E-state index contributed by atoms with van der Waals surface area (Å²) in [6.45, 7) is 6.30. The van der Waals surface area contributed by atoms with Crippen molar-refractivity contribution in [3.8, 4) is 5.75 Å². The first-order chi connectivity index (χ1) is 19.4. The molecule has 1 saturated heterocycles. The van der Waals surface area contributed by atoms with Crippen LogP contribution < -0.4 is 10.1 Å². The van der Waals surface area contributed by atoms with E-state index in [0.29, 0.717) is 36.9 Å². The van der Waals surface area contributed by atoms with Gasteiger partial charge in [0, 0.05) is 37.3 Å². The molecule has 4 aromatic rings. The van der Waals surface area contributed by atoms with Crippen LogP contribution in [0.2, 0.25) is 0 Å².